The Balaban J connectivity index is 2.48. The molecule has 1 N–H and O–H groups in total. The number of benzene rings is 1. The number of aromatic nitrogens is 1. The number of halogens is 1. The molecule has 5 heteroatoms. The summed E-state index contributed by atoms with van der Waals surface area (Å²) in [6.45, 7) is 0. The fourth-order valence-corrected chi connectivity index (χ4v) is 1.75. The van der Waals surface area contributed by atoms with Crippen LogP contribution in [0.15, 0.2) is 29.1 Å². The van der Waals surface area contributed by atoms with Crippen molar-refractivity contribution in [2.24, 2.45) is 0 Å². The molecule has 0 aliphatic rings. The fraction of sp³-hybridized carbons (Fsp3) is 0. The van der Waals surface area contributed by atoms with Crippen LogP contribution in [-0.2, 0) is 0 Å². The van der Waals surface area contributed by atoms with Crippen LogP contribution in [-0.4, -0.2) is 16.1 Å². The number of nitrogens with zero attached hydrogens (tertiary/aromatic N) is 1. The van der Waals surface area contributed by atoms with E-state index in [-0.39, 0.29) is 5.56 Å². The summed E-state index contributed by atoms with van der Waals surface area (Å²) in [7, 11) is 0. The monoisotopic (exact) mass is 223 g/mol. The predicted octanol–water partition coefficient (Wildman–Crippen LogP) is 2.65. The molecule has 1 aromatic carbocycles. The zero-order valence-electron chi connectivity index (χ0n) is 7.48. The van der Waals surface area contributed by atoms with Crippen LogP contribution in [0.4, 0.5) is 4.39 Å². The molecule has 1 heterocycles. The van der Waals surface area contributed by atoms with Crippen molar-refractivity contribution in [3.63, 3.8) is 0 Å². The molecule has 0 saturated heterocycles. The van der Waals surface area contributed by atoms with Gasteiger partial charge in [0.05, 0.1) is 16.8 Å². The van der Waals surface area contributed by atoms with Gasteiger partial charge < -0.3 is 5.11 Å². The Bertz CT molecular complexity index is 496. The van der Waals surface area contributed by atoms with Crippen LogP contribution in [0.2, 0.25) is 0 Å². The van der Waals surface area contributed by atoms with E-state index in [1.807, 2.05) is 0 Å². The van der Waals surface area contributed by atoms with Crippen molar-refractivity contribution in [3.8, 4) is 11.3 Å². The fourth-order valence-electron chi connectivity index (χ4n) is 1.20. The van der Waals surface area contributed by atoms with Gasteiger partial charge in [0.15, 0.2) is 0 Å². The first-order valence-corrected chi connectivity index (χ1v) is 5.04. The molecule has 1 aromatic heterocycles. The van der Waals surface area contributed by atoms with E-state index in [4.69, 9.17) is 5.11 Å². The largest absolute Gasteiger partial charge is 0.478 e. The molecule has 2 aromatic rings. The average Bonchev–Trinajstić information content (AvgIpc) is 2.70. The van der Waals surface area contributed by atoms with E-state index >= 15 is 0 Å². The number of hydrogen-bond donors (Lipinski definition) is 1. The van der Waals surface area contributed by atoms with Gasteiger partial charge in [-0.3, -0.25) is 0 Å². The smallest absolute Gasteiger partial charge is 0.335 e. The van der Waals surface area contributed by atoms with Crippen molar-refractivity contribution < 1.29 is 14.3 Å². The van der Waals surface area contributed by atoms with E-state index in [9.17, 15) is 9.18 Å². The Labute approximate surface area is 88.8 Å². The van der Waals surface area contributed by atoms with Gasteiger partial charge in [0.25, 0.3) is 0 Å². The van der Waals surface area contributed by atoms with E-state index < -0.39 is 11.8 Å². The number of carboxylic acid groups (broad SMARTS) is 1. The van der Waals surface area contributed by atoms with E-state index in [0.717, 1.165) is 6.07 Å². The molecule has 0 amide bonds. The molecule has 0 fully saturated rings. The van der Waals surface area contributed by atoms with Crippen molar-refractivity contribution in [3.05, 3.63) is 40.5 Å². The van der Waals surface area contributed by atoms with Crippen LogP contribution in [0, 0.1) is 5.82 Å². The van der Waals surface area contributed by atoms with Gasteiger partial charge >= 0.3 is 5.97 Å². The highest BCUT2D eigenvalue weighted by Gasteiger charge is 2.10. The lowest BCUT2D eigenvalue weighted by Crippen LogP contribution is -1.97. The molecule has 0 aliphatic carbocycles. The van der Waals surface area contributed by atoms with Crippen molar-refractivity contribution in [2.75, 3.05) is 0 Å². The molecule has 0 radical (unpaired) electrons. The first-order chi connectivity index (χ1) is 7.18. The van der Waals surface area contributed by atoms with Gasteiger partial charge in [-0.25, -0.2) is 14.2 Å². The summed E-state index contributed by atoms with van der Waals surface area (Å²) in [6.07, 6.45) is 0. The quantitative estimate of drug-likeness (QED) is 0.851. The summed E-state index contributed by atoms with van der Waals surface area (Å²) in [4.78, 5) is 14.5. The maximum absolute atomic E-state index is 13.5. The lowest BCUT2D eigenvalue weighted by molar-refractivity contribution is 0.0696. The van der Waals surface area contributed by atoms with Gasteiger partial charge in [-0.15, -0.1) is 11.3 Å². The van der Waals surface area contributed by atoms with Crippen molar-refractivity contribution >= 4 is 17.3 Å². The minimum absolute atomic E-state index is 0.0634. The van der Waals surface area contributed by atoms with Crippen molar-refractivity contribution in [1.82, 2.24) is 4.98 Å². The molecule has 3 nitrogen and oxygen atoms in total. The van der Waals surface area contributed by atoms with E-state index in [2.05, 4.69) is 4.98 Å². The lowest BCUT2D eigenvalue weighted by atomic mass is 10.1. The van der Waals surface area contributed by atoms with Crippen LogP contribution in [0.25, 0.3) is 11.3 Å². The Morgan fingerprint density at radius 2 is 2.27 bits per heavy atom. The van der Waals surface area contributed by atoms with Gasteiger partial charge in [-0.2, -0.15) is 0 Å². The van der Waals surface area contributed by atoms with Gasteiger partial charge in [0.1, 0.15) is 5.82 Å². The number of aromatic carboxylic acids is 1. The highest BCUT2D eigenvalue weighted by molar-refractivity contribution is 7.07. The highest BCUT2D eigenvalue weighted by atomic mass is 32.1. The Morgan fingerprint density at radius 3 is 2.80 bits per heavy atom. The number of rotatable bonds is 2. The Morgan fingerprint density at radius 1 is 1.47 bits per heavy atom. The Kier molecular flexibility index (Phi) is 2.47. The first-order valence-electron chi connectivity index (χ1n) is 4.10. The number of carbonyl (C=O) groups is 1. The van der Waals surface area contributed by atoms with E-state index in [0.29, 0.717) is 11.3 Å². The second kappa shape index (κ2) is 3.78. The number of carboxylic acids is 1. The molecule has 0 atom stereocenters. The Hall–Kier alpha value is -1.75. The third-order valence-electron chi connectivity index (χ3n) is 1.92. The predicted molar refractivity (Wildman–Crippen MR) is 54.5 cm³/mol. The average molecular weight is 223 g/mol. The maximum Gasteiger partial charge on any atom is 0.335 e. The molecule has 15 heavy (non-hydrogen) atoms. The molecule has 0 bridgehead atoms. The second-order valence-electron chi connectivity index (χ2n) is 2.87. The van der Waals surface area contributed by atoms with E-state index in [1.54, 1.807) is 10.9 Å². The maximum atomic E-state index is 13.5. The van der Waals surface area contributed by atoms with Crippen molar-refractivity contribution in [1.29, 1.82) is 0 Å². The molecule has 0 unspecified atom stereocenters. The molecule has 0 saturated carbocycles. The van der Waals surface area contributed by atoms with Crippen LogP contribution < -0.4 is 0 Å². The molecule has 0 aliphatic heterocycles. The summed E-state index contributed by atoms with van der Waals surface area (Å²) >= 11 is 1.36. The SMILES string of the molecule is O=C(O)c1ccc(-c2cscn2)c(F)c1. The van der Waals surface area contributed by atoms with Gasteiger partial charge in [0.2, 0.25) is 0 Å². The number of hydrogen-bond acceptors (Lipinski definition) is 3. The molecular formula is C10H6FNO2S. The van der Waals surface area contributed by atoms with Gasteiger partial charge in [-0.05, 0) is 18.2 Å². The topological polar surface area (TPSA) is 50.2 Å². The highest BCUT2D eigenvalue weighted by Crippen LogP contribution is 2.23. The molecule has 0 spiro atoms. The van der Waals surface area contributed by atoms with Crippen LogP contribution >= 0.6 is 11.3 Å². The molecule has 76 valence electrons. The summed E-state index contributed by atoms with van der Waals surface area (Å²) in [5, 5.41) is 10.4. The minimum Gasteiger partial charge on any atom is -0.478 e. The summed E-state index contributed by atoms with van der Waals surface area (Å²) < 4.78 is 13.5. The molecule has 2 rings (SSSR count). The zero-order valence-corrected chi connectivity index (χ0v) is 8.29. The summed E-state index contributed by atoms with van der Waals surface area (Å²) in [5.41, 5.74) is 2.38. The van der Waals surface area contributed by atoms with Crippen molar-refractivity contribution in [2.45, 2.75) is 0 Å². The summed E-state index contributed by atoms with van der Waals surface area (Å²) in [6, 6.07) is 3.78. The third-order valence-corrected chi connectivity index (χ3v) is 2.51. The van der Waals surface area contributed by atoms with Gasteiger partial charge in [-0.1, -0.05) is 0 Å². The molecular weight excluding hydrogens is 217 g/mol. The summed E-state index contributed by atoms with van der Waals surface area (Å²) in [5.74, 6) is -1.71. The normalized spacial score (nSPS) is 10.2. The number of thiazole rings is 1. The van der Waals surface area contributed by atoms with Crippen LogP contribution in [0.3, 0.4) is 0 Å². The third kappa shape index (κ3) is 1.87. The lowest BCUT2D eigenvalue weighted by Gasteiger charge is -2.00. The van der Waals surface area contributed by atoms with Gasteiger partial charge in [0, 0.05) is 10.9 Å². The standard InChI is InChI=1S/C10H6FNO2S/c11-8-3-6(10(13)14)1-2-7(8)9-4-15-5-12-9/h1-5H,(H,13,14). The minimum atomic E-state index is -1.14. The first kappa shape index (κ1) is 9.79. The zero-order chi connectivity index (χ0) is 10.8. The van der Waals surface area contributed by atoms with Crippen LogP contribution in [0.1, 0.15) is 10.4 Å². The second-order valence-corrected chi connectivity index (χ2v) is 3.59. The van der Waals surface area contributed by atoms with Crippen LogP contribution in [0.5, 0.6) is 0 Å². The van der Waals surface area contributed by atoms with E-state index in [1.165, 1.54) is 23.5 Å².